The zero-order valence-electron chi connectivity index (χ0n) is 29.7. The summed E-state index contributed by atoms with van der Waals surface area (Å²) < 4.78 is 23.1. The second-order valence-corrected chi connectivity index (χ2v) is 13.0. The van der Waals surface area contributed by atoms with Gasteiger partial charge in [0, 0.05) is 26.4 Å². The normalized spacial score (nSPS) is 13.1. The minimum atomic E-state index is -0.165. The molecule has 0 aromatic carbocycles. The molecule has 0 bridgehead atoms. The summed E-state index contributed by atoms with van der Waals surface area (Å²) in [4.78, 5) is 0. The number of rotatable bonds is 39. The summed E-state index contributed by atoms with van der Waals surface area (Å²) in [5.41, 5.74) is 0. The van der Waals surface area contributed by atoms with Crippen molar-refractivity contribution in [3.8, 4) is 0 Å². The lowest BCUT2D eigenvalue weighted by atomic mass is 10.0. The highest BCUT2D eigenvalue weighted by atomic mass is 16.5. The largest absolute Gasteiger partial charge is 0.394 e. The fourth-order valence-electron chi connectivity index (χ4n) is 5.53. The van der Waals surface area contributed by atoms with Crippen molar-refractivity contribution in [2.45, 2.75) is 193 Å². The summed E-state index contributed by atoms with van der Waals surface area (Å²) in [6.07, 6.45) is 33.0. The number of hydrogen-bond acceptors (Lipinski definition) is 6. The van der Waals surface area contributed by atoms with E-state index in [9.17, 15) is 10.2 Å². The first-order valence-corrected chi connectivity index (χ1v) is 19.4. The molecule has 0 saturated carbocycles. The minimum absolute atomic E-state index is 0.0499. The molecule has 0 aliphatic heterocycles. The SMILES string of the molecule is CCCCCCCCO[C@H](CO)COCCCCCCCCCCCCCCCCOC[C@@H](CO)OCCCCCCCC. The first kappa shape index (κ1) is 43.8. The van der Waals surface area contributed by atoms with Gasteiger partial charge in [0.1, 0.15) is 12.2 Å². The van der Waals surface area contributed by atoms with Crippen molar-refractivity contribution in [1.82, 2.24) is 0 Å². The van der Waals surface area contributed by atoms with E-state index in [0.717, 1.165) is 52.1 Å². The maximum atomic E-state index is 9.50. The Labute approximate surface area is 274 Å². The van der Waals surface area contributed by atoms with Crippen molar-refractivity contribution in [2.24, 2.45) is 0 Å². The molecule has 0 rings (SSSR count). The highest BCUT2D eigenvalue weighted by Gasteiger charge is 2.08. The van der Waals surface area contributed by atoms with Crippen LogP contribution in [0.4, 0.5) is 0 Å². The van der Waals surface area contributed by atoms with Gasteiger partial charge in [0.2, 0.25) is 0 Å². The van der Waals surface area contributed by atoms with Crippen molar-refractivity contribution >= 4 is 0 Å². The van der Waals surface area contributed by atoms with Gasteiger partial charge in [0.05, 0.1) is 26.4 Å². The van der Waals surface area contributed by atoms with Crippen LogP contribution in [0.25, 0.3) is 0 Å². The molecule has 0 aliphatic carbocycles. The molecule has 0 spiro atoms. The van der Waals surface area contributed by atoms with E-state index in [0.29, 0.717) is 13.2 Å². The molecule has 0 unspecified atom stereocenters. The minimum Gasteiger partial charge on any atom is -0.394 e. The highest BCUT2D eigenvalue weighted by Crippen LogP contribution is 2.13. The molecule has 0 radical (unpaired) electrons. The summed E-state index contributed by atoms with van der Waals surface area (Å²) in [6.45, 7) is 8.65. The quantitative estimate of drug-likeness (QED) is 0.0658. The van der Waals surface area contributed by atoms with E-state index < -0.39 is 0 Å². The van der Waals surface area contributed by atoms with Gasteiger partial charge in [-0.05, 0) is 25.7 Å². The molecule has 6 heteroatoms. The van der Waals surface area contributed by atoms with Gasteiger partial charge in [-0.3, -0.25) is 0 Å². The van der Waals surface area contributed by atoms with Crippen LogP contribution in [0, 0.1) is 0 Å². The summed E-state index contributed by atoms with van der Waals surface area (Å²) in [5.74, 6) is 0. The van der Waals surface area contributed by atoms with E-state index in [-0.39, 0.29) is 25.4 Å². The van der Waals surface area contributed by atoms with E-state index in [1.165, 1.54) is 141 Å². The molecule has 0 aromatic rings. The fourth-order valence-corrected chi connectivity index (χ4v) is 5.53. The summed E-state index contributed by atoms with van der Waals surface area (Å²) >= 11 is 0. The Morgan fingerprint density at radius 2 is 0.591 bits per heavy atom. The molecule has 0 heterocycles. The predicted octanol–water partition coefficient (Wildman–Crippen LogP) is 9.96. The van der Waals surface area contributed by atoms with Gasteiger partial charge >= 0.3 is 0 Å². The van der Waals surface area contributed by atoms with E-state index in [1.54, 1.807) is 0 Å². The van der Waals surface area contributed by atoms with Crippen LogP contribution >= 0.6 is 0 Å². The van der Waals surface area contributed by atoms with Crippen molar-refractivity contribution in [3.63, 3.8) is 0 Å². The lowest BCUT2D eigenvalue weighted by Gasteiger charge is -2.15. The average Bonchev–Trinajstić information content (AvgIpc) is 3.04. The maximum Gasteiger partial charge on any atom is 0.104 e. The van der Waals surface area contributed by atoms with Crippen LogP contribution in [-0.4, -0.2) is 75.3 Å². The number of aliphatic hydroxyl groups excluding tert-OH is 2. The second kappa shape index (κ2) is 38.9. The molecule has 2 atom stereocenters. The fraction of sp³-hybridized carbons (Fsp3) is 1.00. The lowest BCUT2D eigenvalue weighted by molar-refractivity contribution is -0.0437. The van der Waals surface area contributed by atoms with Gasteiger partial charge in [0.15, 0.2) is 0 Å². The Bertz CT molecular complexity index is 462. The number of hydrogen-bond donors (Lipinski definition) is 2. The monoisotopic (exact) mass is 631 g/mol. The topological polar surface area (TPSA) is 77.4 Å². The Balaban J connectivity index is 3.29. The van der Waals surface area contributed by atoms with Crippen molar-refractivity contribution in [1.29, 1.82) is 0 Å². The molecule has 266 valence electrons. The van der Waals surface area contributed by atoms with Gasteiger partial charge < -0.3 is 29.2 Å². The van der Waals surface area contributed by atoms with E-state index >= 15 is 0 Å². The summed E-state index contributed by atoms with van der Waals surface area (Å²) in [5, 5.41) is 19.0. The van der Waals surface area contributed by atoms with Crippen molar-refractivity contribution in [2.75, 3.05) is 52.9 Å². The van der Waals surface area contributed by atoms with Crippen LogP contribution in [0.3, 0.4) is 0 Å². The van der Waals surface area contributed by atoms with Gasteiger partial charge in [-0.2, -0.15) is 0 Å². The Morgan fingerprint density at radius 1 is 0.341 bits per heavy atom. The van der Waals surface area contributed by atoms with Crippen LogP contribution in [0.1, 0.15) is 181 Å². The van der Waals surface area contributed by atoms with E-state index in [4.69, 9.17) is 18.9 Å². The lowest BCUT2D eigenvalue weighted by Crippen LogP contribution is -2.24. The third-order valence-corrected chi connectivity index (χ3v) is 8.54. The number of aliphatic hydroxyl groups is 2. The third-order valence-electron chi connectivity index (χ3n) is 8.54. The van der Waals surface area contributed by atoms with Crippen LogP contribution in [-0.2, 0) is 18.9 Å². The molecule has 44 heavy (non-hydrogen) atoms. The van der Waals surface area contributed by atoms with Gasteiger partial charge in [-0.1, -0.05) is 155 Å². The molecular formula is C38H78O6. The Kier molecular flexibility index (Phi) is 38.7. The zero-order chi connectivity index (χ0) is 32.0. The van der Waals surface area contributed by atoms with Gasteiger partial charge in [0.25, 0.3) is 0 Å². The zero-order valence-corrected chi connectivity index (χ0v) is 29.7. The second-order valence-electron chi connectivity index (χ2n) is 13.0. The van der Waals surface area contributed by atoms with Gasteiger partial charge in [-0.15, -0.1) is 0 Å². The van der Waals surface area contributed by atoms with E-state index in [1.807, 2.05) is 0 Å². The average molecular weight is 631 g/mol. The Morgan fingerprint density at radius 3 is 0.864 bits per heavy atom. The predicted molar refractivity (Wildman–Crippen MR) is 187 cm³/mol. The van der Waals surface area contributed by atoms with E-state index in [2.05, 4.69) is 13.8 Å². The summed E-state index contributed by atoms with van der Waals surface area (Å²) in [6, 6.07) is 0. The summed E-state index contributed by atoms with van der Waals surface area (Å²) in [7, 11) is 0. The standard InChI is InChI=1S/C38H78O6/c1-3-5-7-9-23-27-31-43-37(33-39)35-41-29-25-21-19-17-15-13-11-12-14-16-18-20-22-26-30-42-36-38(34-40)44-32-28-24-10-8-6-4-2/h37-40H,3-36H2,1-2H3/t37-,38-/m1/s1. The molecule has 0 saturated heterocycles. The van der Waals surface area contributed by atoms with Crippen LogP contribution in [0.15, 0.2) is 0 Å². The first-order valence-electron chi connectivity index (χ1n) is 19.4. The Hall–Kier alpha value is -0.240. The molecule has 0 fully saturated rings. The number of unbranched alkanes of at least 4 members (excludes halogenated alkanes) is 23. The molecule has 6 nitrogen and oxygen atoms in total. The van der Waals surface area contributed by atoms with Crippen LogP contribution < -0.4 is 0 Å². The first-order chi connectivity index (χ1) is 21.8. The van der Waals surface area contributed by atoms with Crippen LogP contribution in [0.5, 0.6) is 0 Å². The number of ether oxygens (including phenoxy) is 4. The smallest absolute Gasteiger partial charge is 0.104 e. The molecular weight excluding hydrogens is 552 g/mol. The molecule has 0 aliphatic rings. The highest BCUT2D eigenvalue weighted by molar-refractivity contribution is 4.57. The van der Waals surface area contributed by atoms with Crippen molar-refractivity contribution < 1.29 is 29.2 Å². The van der Waals surface area contributed by atoms with Crippen molar-refractivity contribution in [3.05, 3.63) is 0 Å². The maximum absolute atomic E-state index is 9.50. The third kappa shape index (κ3) is 34.6. The molecule has 0 amide bonds. The van der Waals surface area contributed by atoms with Crippen LogP contribution in [0.2, 0.25) is 0 Å². The molecule has 0 aromatic heterocycles. The van der Waals surface area contributed by atoms with Gasteiger partial charge in [-0.25, -0.2) is 0 Å². The molecule has 2 N–H and O–H groups in total.